The number of likely N-dealkylation sites (tertiary alicyclic amines) is 1. The Morgan fingerprint density at radius 1 is 1.43 bits per heavy atom. The molecule has 2 heterocycles. The average Bonchev–Trinajstić information content (AvgIpc) is 3.05. The Bertz CT molecular complexity index is 607. The molecule has 0 bridgehead atoms. The minimum atomic E-state index is -1.55. The number of carboxylic acid groups (broad SMARTS) is 1. The van der Waals surface area contributed by atoms with Gasteiger partial charge < -0.3 is 20.1 Å². The number of H-pyrrole nitrogens is 1. The monoisotopic (exact) mass is 324 g/mol. The lowest BCUT2D eigenvalue weighted by molar-refractivity contribution is -0.144. The Kier molecular flexibility index (Phi) is 4.31. The maximum Gasteiger partial charge on any atom is 0.408 e. The number of ether oxygens (including phenoxy) is 1. The van der Waals surface area contributed by atoms with Crippen LogP contribution in [0.15, 0.2) is 12.4 Å². The van der Waals surface area contributed by atoms with E-state index < -0.39 is 23.2 Å². The number of aromatic nitrogens is 2. The van der Waals surface area contributed by atoms with E-state index in [-0.39, 0.29) is 25.4 Å². The van der Waals surface area contributed by atoms with Crippen LogP contribution in [-0.4, -0.2) is 62.4 Å². The number of rotatable bonds is 3. The third-order valence-electron chi connectivity index (χ3n) is 3.45. The first-order valence-corrected chi connectivity index (χ1v) is 7.16. The molecule has 9 nitrogen and oxygen atoms in total. The molecule has 3 N–H and O–H groups in total. The van der Waals surface area contributed by atoms with Crippen molar-refractivity contribution in [1.29, 1.82) is 0 Å². The van der Waals surface area contributed by atoms with Crippen LogP contribution < -0.4 is 5.32 Å². The van der Waals surface area contributed by atoms with E-state index in [1.807, 2.05) is 0 Å². The zero-order valence-corrected chi connectivity index (χ0v) is 13.3. The predicted octanol–water partition coefficient (Wildman–Crippen LogP) is 0.604. The highest BCUT2D eigenvalue weighted by molar-refractivity contribution is 5.95. The van der Waals surface area contributed by atoms with Crippen LogP contribution in [0.2, 0.25) is 0 Å². The number of aromatic amines is 1. The van der Waals surface area contributed by atoms with Crippen molar-refractivity contribution < 1.29 is 24.2 Å². The van der Waals surface area contributed by atoms with Gasteiger partial charge in [-0.25, -0.2) is 9.59 Å². The summed E-state index contributed by atoms with van der Waals surface area (Å²) in [6.07, 6.45) is 2.08. The summed E-state index contributed by atoms with van der Waals surface area (Å²) in [5.74, 6) is -1.54. The van der Waals surface area contributed by atoms with E-state index in [4.69, 9.17) is 4.74 Å². The van der Waals surface area contributed by atoms with E-state index in [2.05, 4.69) is 15.5 Å². The molecule has 0 spiro atoms. The summed E-state index contributed by atoms with van der Waals surface area (Å²) >= 11 is 0. The van der Waals surface area contributed by atoms with Crippen LogP contribution in [-0.2, 0) is 9.53 Å². The van der Waals surface area contributed by atoms with E-state index in [1.54, 1.807) is 20.8 Å². The lowest BCUT2D eigenvalue weighted by Crippen LogP contribution is -2.57. The van der Waals surface area contributed by atoms with Gasteiger partial charge in [-0.2, -0.15) is 5.10 Å². The number of hydrogen-bond acceptors (Lipinski definition) is 5. The van der Waals surface area contributed by atoms with Gasteiger partial charge in [0.1, 0.15) is 5.60 Å². The Balaban J connectivity index is 2.10. The number of carboxylic acids is 1. The second kappa shape index (κ2) is 5.90. The second-order valence-corrected chi connectivity index (χ2v) is 6.48. The van der Waals surface area contributed by atoms with Gasteiger partial charge in [0, 0.05) is 19.2 Å². The number of hydrogen-bond donors (Lipinski definition) is 3. The molecule has 2 rings (SSSR count). The van der Waals surface area contributed by atoms with Crippen LogP contribution in [0.25, 0.3) is 0 Å². The normalized spacial score (nSPS) is 21.1. The van der Waals surface area contributed by atoms with Gasteiger partial charge in [-0.1, -0.05) is 0 Å². The van der Waals surface area contributed by atoms with Crippen LogP contribution in [0.4, 0.5) is 4.79 Å². The van der Waals surface area contributed by atoms with Crippen molar-refractivity contribution in [3.63, 3.8) is 0 Å². The molecule has 1 aromatic heterocycles. The lowest BCUT2D eigenvalue weighted by atomic mass is 9.99. The molecule has 1 fully saturated rings. The molecule has 23 heavy (non-hydrogen) atoms. The van der Waals surface area contributed by atoms with Crippen molar-refractivity contribution in [3.05, 3.63) is 18.0 Å². The Morgan fingerprint density at radius 3 is 2.65 bits per heavy atom. The average molecular weight is 324 g/mol. The molecule has 0 radical (unpaired) electrons. The molecular weight excluding hydrogens is 304 g/mol. The zero-order valence-electron chi connectivity index (χ0n) is 13.3. The third-order valence-corrected chi connectivity index (χ3v) is 3.45. The van der Waals surface area contributed by atoms with Gasteiger partial charge in [0.25, 0.3) is 5.91 Å². The van der Waals surface area contributed by atoms with Gasteiger partial charge in [-0.3, -0.25) is 9.89 Å². The summed E-state index contributed by atoms with van der Waals surface area (Å²) in [6.45, 7) is 5.13. The minimum absolute atomic E-state index is 0.102. The lowest BCUT2D eigenvalue weighted by Gasteiger charge is -2.28. The number of amides is 2. The number of carbonyl (C=O) groups excluding carboxylic acids is 2. The highest BCUT2D eigenvalue weighted by atomic mass is 16.6. The fourth-order valence-corrected chi connectivity index (χ4v) is 2.36. The van der Waals surface area contributed by atoms with Gasteiger partial charge in [0.2, 0.25) is 0 Å². The molecule has 1 aliphatic heterocycles. The first-order chi connectivity index (χ1) is 10.6. The summed E-state index contributed by atoms with van der Waals surface area (Å²) in [7, 11) is 0. The first-order valence-electron chi connectivity index (χ1n) is 7.16. The molecule has 0 aliphatic carbocycles. The van der Waals surface area contributed by atoms with E-state index in [1.165, 1.54) is 17.3 Å². The molecular formula is C14H20N4O5. The van der Waals surface area contributed by atoms with Gasteiger partial charge in [-0.05, 0) is 20.8 Å². The number of nitrogens with one attached hydrogen (secondary N) is 2. The summed E-state index contributed by atoms with van der Waals surface area (Å²) < 4.78 is 5.11. The molecule has 0 saturated carbocycles. The molecule has 1 atom stereocenters. The largest absolute Gasteiger partial charge is 0.479 e. The van der Waals surface area contributed by atoms with Crippen molar-refractivity contribution in [2.75, 3.05) is 13.1 Å². The van der Waals surface area contributed by atoms with Gasteiger partial charge in [0.05, 0.1) is 18.3 Å². The number of aliphatic carboxylic acids is 1. The van der Waals surface area contributed by atoms with Crippen LogP contribution in [0.5, 0.6) is 0 Å². The highest BCUT2D eigenvalue weighted by Crippen LogP contribution is 2.24. The smallest absolute Gasteiger partial charge is 0.408 e. The van der Waals surface area contributed by atoms with Crippen LogP contribution in [0, 0.1) is 0 Å². The SMILES string of the molecule is CC(C)(C)OC(=O)NC1(C(=O)O)CCN(C(=O)c2cn[nH]c2)C1. The van der Waals surface area contributed by atoms with Crippen molar-refractivity contribution in [2.45, 2.75) is 38.3 Å². The van der Waals surface area contributed by atoms with Crippen molar-refractivity contribution >= 4 is 18.0 Å². The van der Waals surface area contributed by atoms with Crippen molar-refractivity contribution in [2.24, 2.45) is 0 Å². The van der Waals surface area contributed by atoms with Crippen LogP contribution in [0.1, 0.15) is 37.6 Å². The summed E-state index contributed by atoms with van der Waals surface area (Å²) in [6, 6.07) is 0. The third kappa shape index (κ3) is 3.79. The standard InChI is InChI=1S/C14H20N4O5/c1-13(2,3)23-12(22)17-14(11(20)21)4-5-18(8-14)10(19)9-6-15-16-7-9/h6-7H,4-5,8H2,1-3H3,(H,15,16)(H,17,22)(H,20,21). The van der Waals surface area contributed by atoms with E-state index in [0.717, 1.165) is 0 Å². The topological polar surface area (TPSA) is 125 Å². The fourth-order valence-electron chi connectivity index (χ4n) is 2.36. The van der Waals surface area contributed by atoms with Crippen LogP contribution in [0.3, 0.4) is 0 Å². The van der Waals surface area contributed by atoms with Crippen LogP contribution >= 0.6 is 0 Å². The molecule has 0 aromatic carbocycles. The quantitative estimate of drug-likeness (QED) is 0.748. The Labute approximate surface area is 133 Å². The van der Waals surface area contributed by atoms with Gasteiger partial charge in [-0.15, -0.1) is 0 Å². The summed E-state index contributed by atoms with van der Waals surface area (Å²) in [4.78, 5) is 37.2. The molecule has 126 valence electrons. The first kappa shape index (κ1) is 16.8. The number of nitrogens with zero attached hydrogens (tertiary/aromatic N) is 2. The predicted molar refractivity (Wildman–Crippen MR) is 78.8 cm³/mol. The fraction of sp³-hybridized carbons (Fsp3) is 0.571. The minimum Gasteiger partial charge on any atom is -0.479 e. The van der Waals surface area contributed by atoms with E-state index >= 15 is 0 Å². The zero-order chi connectivity index (χ0) is 17.3. The molecule has 1 saturated heterocycles. The summed E-state index contributed by atoms with van der Waals surface area (Å²) in [5.41, 5.74) is -1.96. The second-order valence-electron chi connectivity index (χ2n) is 6.48. The number of carbonyl (C=O) groups is 3. The van der Waals surface area contributed by atoms with Gasteiger partial charge in [0.15, 0.2) is 5.54 Å². The van der Waals surface area contributed by atoms with E-state index in [9.17, 15) is 19.5 Å². The number of alkyl carbamates (subject to hydrolysis) is 1. The Hall–Kier alpha value is -2.58. The maximum atomic E-state index is 12.3. The Morgan fingerprint density at radius 2 is 2.13 bits per heavy atom. The van der Waals surface area contributed by atoms with E-state index in [0.29, 0.717) is 5.56 Å². The van der Waals surface area contributed by atoms with Gasteiger partial charge >= 0.3 is 12.1 Å². The van der Waals surface area contributed by atoms with Crippen molar-refractivity contribution in [1.82, 2.24) is 20.4 Å². The molecule has 9 heteroatoms. The highest BCUT2D eigenvalue weighted by Gasteiger charge is 2.48. The molecule has 1 aliphatic rings. The molecule has 1 aromatic rings. The maximum absolute atomic E-state index is 12.3. The molecule has 1 unspecified atom stereocenters. The molecule has 2 amide bonds. The summed E-state index contributed by atoms with van der Waals surface area (Å²) in [5, 5.41) is 18.1. The van der Waals surface area contributed by atoms with Crippen molar-refractivity contribution in [3.8, 4) is 0 Å².